The second kappa shape index (κ2) is 7.05. The minimum absolute atomic E-state index is 0.0356. The number of aromatic nitrogens is 2. The fourth-order valence-corrected chi connectivity index (χ4v) is 5.08. The number of thioether (sulfide) groups is 1. The number of rotatable bonds is 2. The Morgan fingerprint density at radius 3 is 2.79 bits per heavy atom. The number of carbonyl (C=O) groups excluding carboxylic acids is 1. The zero-order valence-electron chi connectivity index (χ0n) is 15.0. The number of carbonyl (C=O) groups is 1. The third-order valence-electron chi connectivity index (χ3n) is 5.41. The number of hydrogen-bond donors (Lipinski definition) is 0. The molecule has 0 aliphatic carbocycles. The monoisotopic (exact) mass is 395 g/mol. The number of hydrogen-bond acceptors (Lipinski definition) is 5. The second-order valence-electron chi connectivity index (χ2n) is 7.16. The Kier molecular flexibility index (Phi) is 4.39. The summed E-state index contributed by atoms with van der Waals surface area (Å²) in [4.78, 5) is 20.7. The molecule has 3 aromatic rings. The van der Waals surface area contributed by atoms with Gasteiger partial charge in [-0.2, -0.15) is 4.98 Å². The van der Waals surface area contributed by atoms with Crippen LogP contribution in [0.5, 0.6) is 0 Å². The number of benzene rings is 2. The molecule has 5 nitrogen and oxygen atoms in total. The Bertz CT molecular complexity index is 1020. The van der Waals surface area contributed by atoms with Gasteiger partial charge < -0.3 is 9.42 Å². The van der Waals surface area contributed by atoms with Crippen LogP contribution in [0.15, 0.2) is 57.9 Å². The molecule has 142 valence electrons. The predicted octanol–water partition coefficient (Wildman–Crippen LogP) is 4.37. The fraction of sp³-hybridized carbons (Fsp3) is 0.286. The zero-order chi connectivity index (χ0) is 19.1. The number of halogens is 1. The number of fused-ring (bicyclic) bond motifs is 2. The van der Waals surface area contributed by atoms with E-state index in [0.29, 0.717) is 23.8 Å². The molecule has 2 aliphatic rings. The van der Waals surface area contributed by atoms with Gasteiger partial charge in [0.05, 0.1) is 5.56 Å². The quantitative estimate of drug-likeness (QED) is 0.645. The average Bonchev–Trinajstić information content (AvgIpc) is 3.17. The second-order valence-corrected chi connectivity index (χ2v) is 8.22. The van der Waals surface area contributed by atoms with Crippen LogP contribution in [0.25, 0.3) is 11.5 Å². The van der Waals surface area contributed by atoms with Gasteiger partial charge in [0.1, 0.15) is 5.82 Å². The van der Waals surface area contributed by atoms with Gasteiger partial charge in [-0.3, -0.25) is 4.79 Å². The highest BCUT2D eigenvalue weighted by molar-refractivity contribution is 7.99. The van der Waals surface area contributed by atoms with E-state index >= 15 is 0 Å². The van der Waals surface area contributed by atoms with Crippen LogP contribution in [0.2, 0.25) is 0 Å². The lowest BCUT2D eigenvalue weighted by atomic mass is 9.92. The highest BCUT2D eigenvalue weighted by atomic mass is 32.2. The van der Waals surface area contributed by atoms with Crippen LogP contribution in [0.1, 0.15) is 34.9 Å². The Morgan fingerprint density at radius 2 is 1.93 bits per heavy atom. The SMILES string of the molecule is O=C1c2ccccc2SCC2CCC(c3noc(-c4ccc(F)cc4)n3)CN12. The predicted molar refractivity (Wildman–Crippen MR) is 104 cm³/mol. The van der Waals surface area contributed by atoms with E-state index in [9.17, 15) is 9.18 Å². The third-order valence-corrected chi connectivity index (χ3v) is 6.63. The molecule has 28 heavy (non-hydrogen) atoms. The third kappa shape index (κ3) is 3.09. The highest BCUT2D eigenvalue weighted by Gasteiger charge is 2.37. The van der Waals surface area contributed by atoms with E-state index in [0.717, 1.165) is 29.1 Å². The summed E-state index contributed by atoms with van der Waals surface area (Å²) >= 11 is 1.76. The maximum Gasteiger partial charge on any atom is 0.257 e. The molecule has 1 fully saturated rings. The van der Waals surface area contributed by atoms with Crippen molar-refractivity contribution in [3.05, 3.63) is 65.7 Å². The minimum Gasteiger partial charge on any atom is -0.334 e. The molecule has 2 aromatic carbocycles. The fourth-order valence-electron chi connectivity index (χ4n) is 3.88. The van der Waals surface area contributed by atoms with Crippen LogP contribution in [-0.4, -0.2) is 39.3 Å². The van der Waals surface area contributed by atoms with Crippen molar-refractivity contribution in [2.45, 2.75) is 29.7 Å². The molecule has 1 aromatic heterocycles. The molecule has 2 atom stereocenters. The van der Waals surface area contributed by atoms with E-state index in [2.05, 4.69) is 10.1 Å². The van der Waals surface area contributed by atoms with Crippen LogP contribution < -0.4 is 0 Å². The number of piperidine rings is 1. The lowest BCUT2D eigenvalue weighted by molar-refractivity contribution is 0.0611. The first-order valence-electron chi connectivity index (χ1n) is 9.31. The van der Waals surface area contributed by atoms with Gasteiger partial charge in [0, 0.05) is 34.7 Å². The maximum absolute atomic E-state index is 13.1. The molecule has 0 saturated carbocycles. The molecule has 3 heterocycles. The van der Waals surface area contributed by atoms with Crippen molar-refractivity contribution in [3.63, 3.8) is 0 Å². The first kappa shape index (κ1) is 17.4. The van der Waals surface area contributed by atoms with Crippen LogP contribution in [0.4, 0.5) is 4.39 Å². The molecule has 7 heteroatoms. The minimum atomic E-state index is -0.306. The number of amides is 1. The first-order chi connectivity index (χ1) is 13.7. The summed E-state index contributed by atoms with van der Waals surface area (Å²) in [7, 11) is 0. The summed E-state index contributed by atoms with van der Waals surface area (Å²) in [6.45, 7) is 0.584. The van der Waals surface area contributed by atoms with Gasteiger partial charge in [0.15, 0.2) is 5.82 Å². The lowest BCUT2D eigenvalue weighted by Gasteiger charge is -2.37. The normalized spacial score (nSPS) is 21.8. The first-order valence-corrected chi connectivity index (χ1v) is 10.3. The Balaban J connectivity index is 1.39. The topological polar surface area (TPSA) is 59.2 Å². The summed E-state index contributed by atoms with van der Waals surface area (Å²) in [5.41, 5.74) is 1.46. The number of nitrogens with zero attached hydrogens (tertiary/aromatic N) is 3. The zero-order valence-corrected chi connectivity index (χ0v) is 15.9. The molecular formula is C21H18FN3O2S. The van der Waals surface area contributed by atoms with Crippen molar-refractivity contribution in [1.29, 1.82) is 0 Å². The van der Waals surface area contributed by atoms with Gasteiger partial charge in [-0.05, 0) is 49.2 Å². The van der Waals surface area contributed by atoms with Gasteiger partial charge in [0.25, 0.3) is 11.8 Å². The standard InChI is InChI=1S/C21H18FN3O2S/c22-15-8-5-13(6-9-15)20-23-19(24-27-20)14-7-10-16-12-28-18-4-2-1-3-17(18)21(26)25(16)11-14/h1-6,8-9,14,16H,7,10-12H2. The summed E-state index contributed by atoms with van der Waals surface area (Å²) in [6.07, 6.45) is 1.82. The molecular weight excluding hydrogens is 377 g/mol. The van der Waals surface area contributed by atoms with Gasteiger partial charge in [-0.25, -0.2) is 4.39 Å². The Hall–Kier alpha value is -2.67. The van der Waals surface area contributed by atoms with E-state index in [1.165, 1.54) is 12.1 Å². The molecule has 5 rings (SSSR count). The van der Waals surface area contributed by atoms with Crippen LogP contribution in [0, 0.1) is 5.82 Å². The highest BCUT2D eigenvalue weighted by Crippen LogP contribution is 2.37. The maximum atomic E-state index is 13.1. The van der Waals surface area contributed by atoms with Crippen LogP contribution in [-0.2, 0) is 0 Å². The summed E-state index contributed by atoms with van der Waals surface area (Å²) < 4.78 is 18.5. The Morgan fingerprint density at radius 1 is 1.11 bits per heavy atom. The van der Waals surface area contributed by atoms with E-state index < -0.39 is 0 Å². The van der Waals surface area contributed by atoms with Crippen molar-refractivity contribution in [2.75, 3.05) is 12.3 Å². The van der Waals surface area contributed by atoms with Crippen LogP contribution in [0.3, 0.4) is 0 Å². The van der Waals surface area contributed by atoms with Gasteiger partial charge in [-0.1, -0.05) is 17.3 Å². The van der Waals surface area contributed by atoms with E-state index in [-0.39, 0.29) is 23.7 Å². The van der Waals surface area contributed by atoms with Crippen LogP contribution >= 0.6 is 11.8 Å². The summed E-state index contributed by atoms with van der Waals surface area (Å²) in [5.74, 6) is 1.70. The van der Waals surface area contributed by atoms with E-state index in [1.54, 1.807) is 23.9 Å². The Labute approximate surface area is 165 Å². The lowest BCUT2D eigenvalue weighted by Crippen LogP contribution is -2.46. The molecule has 1 amide bonds. The van der Waals surface area contributed by atoms with E-state index in [1.807, 2.05) is 29.2 Å². The molecule has 0 N–H and O–H groups in total. The summed E-state index contributed by atoms with van der Waals surface area (Å²) in [5, 5.41) is 4.15. The molecule has 0 bridgehead atoms. The summed E-state index contributed by atoms with van der Waals surface area (Å²) in [6, 6.07) is 14.0. The molecule has 0 spiro atoms. The molecule has 2 unspecified atom stereocenters. The smallest absolute Gasteiger partial charge is 0.257 e. The average molecular weight is 395 g/mol. The molecule has 1 saturated heterocycles. The van der Waals surface area contributed by atoms with Crippen molar-refractivity contribution < 1.29 is 13.7 Å². The molecule has 0 radical (unpaired) electrons. The van der Waals surface area contributed by atoms with Crippen molar-refractivity contribution in [3.8, 4) is 11.5 Å². The molecule has 2 aliphatic heterocycles. The largest absolute Gasteiger partial charge is 0.334 e. The van der Waals surface area contributed by atoms with Crippen molar-refractivity contribution in [1.82, 2.24) is 15.0 Å². The van der Waals surface area contributed by atoms with Crippen molar-refractivity contribution in [2.24, 2.45) is 0 Å². The van der Waals surface area contributed by atoms with E-state index in [4.69, 9.17) is 4.52 Å². The van der Waals surface area contributed by atoms with Gasteiger partial charge in [-0.15, -0.1) is 11.8 Å². The van der Waals surface area contributed by atoms with Crippen molar-refractivity contribution >= 4 is 17.7 Å². The van der Waals surface area contributed by atoms with Gasteiger partial charge >= 0.3 is 0 Å². The van der Waals surface area contributed by atoms with Gasteiger partial charge in [0.2, 0.25) is 0 Å².